The monoisotopic (exact) mass is 340 g/mol. The van der Waals surface area contributed by atoms with Crippen molar-refractivity contribution in [1.82, 2.24) is 10.5 Å². The molecule has 0 saturated heterocycles. The van der Waals surface area contributed by atoms with Crippen LogP contribution in [0.25, 0.3) is 11.3 Å². The standard InChI is InChI=1S/C16H15F3N2O3/c1-23-11-4-2-3-10(7-11)12-8-13(21-24-12)15(5-6-15)14(22)20-9-16(17,18)19/h2-4,7-8H,5-6,9H2,1H3,(H,20,22). The average Bonchev–Trinajstić information content (AvgIpc) is 3.22. The highest BCUT2D eigenvalue weighted by Gasteiger charge is 2.54. The molecule has 24 heavy (non-hydrogen) atoms. The molecule has 3 rings (SSSR count). The summed E-state index contributed by atoms with van der Waals surface area (Å²) in [7, 11) is 1.54. The lowest BCUT2D eigenvalue weighted by Crippen LogP contribution is -2.40. The molecule has 1 aromatic heterocycles. The zero-order valence-electron chi connectivity index (χ0n) is 12.8. The van der Waals surface area contributed by atoms with E-state index in [0.29, 0.717) is 35.6 Å². The second-order valence-corrected chi connectivity index (χ2v) is 5.69. The number of alkyl halides is 3. The summed E-state index contributed by atoms with van der Waals surface area (Å²) in [5, 5.41) is 5.82. The second-order valence-electron chi connectivity index (χ2n) is 5.69. The third kappa shape index (κ3) is 3.22. The van der Waals surface area contributed by atoms with Crippen LogP contribution in [-0.4, -0.2) is 30.9 Å². The third-order valence-corrected chi connectivity index (χ3v) is 3.99. The topological polar surface area (TPSA) is 64.4 Å². The number of amides is 1. The van der Waals surface area contributed by atoms with Crippen molar-refractivity contribution < 1.29 is 27.2 Å². The van der Waals surface area contributed by atoms with Crippen molar-refractivity contribution in [3.63, 3.8) is 0 Å². The molecule has 1 saturated carbocycles. The summed E-state index contributed by atoms with van der Waals surface area (Å²) >= 11 is 0. The van der Waals surface area contributed by atoms with Gasteiger partial charge in [0.15, 0.2) is 5.76 Å². The molecule has 0 aliphatic heterocycles. The van der Waals surface area contributed by atoms with Crippen molar-refractivity contribution >= 4 is 5.91 Å². The first-order valence-electron chi connectivity index (χ1n) is 7.31. The minimum Gasteiger partial charge on any atom is -0.497 e. The molecule has 5 nitrogen and oxygen atoms in total. The third-order valence-electron chi connectivity index (χ3n) is 3.99. The predicted molar refractivity (Wildman–Crippen MR) is 78.5 cm³/mol. The highest BCUT2D eigenvalue weighted by atomic mass is 19.4. The van der Waals surface area contributed by atoms with Crippen molar-refractivity contribution in [1.29, 1.82) is 0 Å². The normalized spacial score (nSPS) is 15.8. The average molecular weight is 340 g/mol. The summed E-state index contributed by atoms with van der Waals surface area (Å²) in [6.45, 7) is -1.35. The van der Waals surface area contributed by atoms with Crippen molar-refractivity contribution in [3.8, 4) is 17.1 Å². The Kier molecular flexibility index (Phi) is 3.98. The van der Waals surface area contributed by atoms with Gasteiger partial charge in [-0.25, -0.2) is 0 Å². The molecule has 8 heteroatoms. The summed E-state index contributed by atoms with van der Waals surface area (Å²) in [4.78, 5) is 12.1. The summed E-state index contributed by atoms with van der Waals surface area (Å²) < 4.78 is 47.2. The smallest absolute Gasteiger partial charge is 0.405 e. The van der Waals surface area contributed by atoms with E-state index in [0.717, 1.165) is 0 Å². The number of hydrogen-bond donors (Lipinski definition) is 1. The van der Waals surface area contributed by atoms with Gasteiger partial charge in [-0.15, -0.1) is 0 Å². The first-order valence-corrected chi connectivity index (χ1v) is 7.31. The fourth-order valence-electron chi connectivity index (χ4n) is 2.49. The number of halogens is 3. The Morgan fingerprint density at radius 2 is 2.12 bits per heavy atom. The number of carbonyl (C=O) groups is 1. The van der Waals surface area contributed by atoms with Gasteiger partial charge in [0.25, 0.3) is 0 Å². The lowest BCUT2D eigenvalue weighted by atomic mass is 10.0. The van der Waals surface area contributed by atoms with E-state index in [1.54, 1.807) is 30.3 Å². The number of carbonyl (C=O) groups excluding carboxylic acids is 1. The maximum absolute atomic E-state index is 12.3. The largest absolute Gasteiger partial charge is 0.497 e. The van der Waals surface area contributed by atoms with Crippen LogP contribution < -0.4 is 10.1 Å². The summed E-state index contributed by atoms with van der Waals surface area (Å²) in [5.74, 6) is 0.388. The van der Waals surface area contributed by atoms with Crippen molar-refractivity contribution in [3.05, 3.63) is 36.0 Å². The van der Waals surface area contributed by atoms with E-state index in [2.05, 4.69) is 5.16 Å². The molecule has 1 N–H and O–H groups in total. The van der Waals surface area contributed by atoms with Crippen LogP contribution in [-0.2, 0) is 10.2 Å². The van der Waals surface area contributed by atoms with E-state index in [1.807, 2.05) is 5.32 Å². The van der Waals surface area contributed by atoms with Gasteiger partial charge >= 0.3 is 6.18 Å². The SMILES string of the molecule is COc1cccc(-c2cc(C3(C(=O)NCC(F)(F)F)CC3)no2)c1. The summed E-state index contributed by atoms with van der Waals surface area (Å²) in [5.41, 5.74) is 0.0332. The van der Waals surface area contributed by atoms with Crippen molar-refractivity contribution in [2.24, 2.45) is 0 Å². The minimum absolute atomic E-state index is 0.347. The lowest BCUT2D eigenvalue weighted by Gasteiger charge is -2.13. The highest BCUT2D eigenvalue weighted by Crippen LogP contribution is 2.48. The molecule has 0 atom stereocenters. The van der Waals surface area contributed by atoms with Gasteiger partial charge in [0.2, 0.25) is 5.91 Å². The minimum atomic E-state index is -4.44. The molecule has 0 spiro atoms. The van der Waals surface area contributed by atoms with E-state index < -0.39 is 24.0 Å². The maximum atomic E-state index is 12.3. The Bertz CT molecular complexity index is 751. The molecule has 1 aliphatic carbocycles. The van der Waals surface area contributed by atoms with Crippen molar-refractivity contribution in [2.45, 2.75) is 24.4 Å². The lowest BCUT2D eigenvalue weighted by molar-refractivity contribution is -0.140. The van der Waals surface area contributed by atoms with Gasteiger partial charge in [-0.1, -0.05) is 17.3 Å². The van der Waals surface area contributed by atoms with E-state index in [9.17, 15) is 18.0 Å². The van der Waals surface area contributed by atoms with Gasteiger partial charge < -0.3 is 14.6 Å². The van der Waals surface area contributed by atoms with E-state index in [4.69, 9.17) is 9.26 Å². The fraction of sp³-hybridized carbons (Fsp3) is 0.375. The van der Waals surface area contributed by atoms with E-state index >= 15 is 0 Å². The molecular formula is C16H15F3N2O3. The fourth-order valence-corrected chi connectivity index (χ4v) is 2.49. The van der Waals surface area contributed by atoms with Gasteiger partial charge in [-0.3, -0.25) is 4.79 Å². The zero-order valence-corrected chi connectivity index (χ0v) is 12.8. The molecular weight excluding hydrogens is 325 g/mol. The number of aromatic nitrogens is 1. The first-order chi connectivity index (χ1) is 11.3. The highest BCUT2D eigenvalue weighted by molar-refractivity contribution is 5.91. The Hall–Kier alpha value is -2.51. The van der Waals surface area contributed by atoms with Crippen molar-refractivity contribution in [2.75, 3.05) is 13.7 Å². The molecule has 1 aromatic carbocycles. The zero-order chi connectivity index (χ0) is 17.4. The number of rotatable bonds is 5. The van der Waals surface area contributed by atoms with Gasteiger partial charge in [-0.2, -0.15) is 13.2 Å². The van der Waals surface area contributed by atoms with Crippen LogP contribution in [0.5, 0.6) is 5.75 Å². The Morgan fingerprint density at radius 1 is 1.38 bits per heavy atom. The van der Waals surface area contributed by atoms with Crippen LogP contribution >= 0.6 is 0 Å². The summed E-state index contributed by atoms with van der Waals surface area (Å²) in [6, 6.07) is 8.67. The van der Waals surface area contributed by atoms with Gasteiger partial charge in [-0.05, 0) is 25.0 Å². The molecule has 0 radical (unpaired) electrons. The predicted octanol–water partition coefficient (Wildman–Crippen LogP) is 3.06. The molecule has 128 valence electrons. The molecule has 0 bridgehead atoms. The molecule has 1 amide bonds. The Labute approximate surface area is 135 Å². The number of nitrogens with one attached hydrogen (secondary N) is 1. The van der Waals surface area contributed by atoms with Crippen LogP contribution in [0.3, 0.4) is 0 Å². The second kappa shape index (κ2) is 5.85. The number of nitrogens with zero attached hydrogens (tertiary/aromatic N) is 1. The number of ether oxygens (including phenoxy) is 1. The summed E-state index contributed by atoms with van der Waals surface area (Å²) in [6.07, 6.45) is -3.55. The van der Waals surface area contributed by atoms with Crippen LogP contribution in [0, 0.1) is 0 Å². The Balaban J connectivity index is 1.78. The Morgan fingerprint density at radius 3 is 2.75 bits per heavy atom. The molecule has 1 fully saturated rings. The number of hydrogen-bond acceptors (Lipinski definition) is 4. The van der Waals surface area contributed by atoms with Gasteiger partial charge in [0, 0.05) is 11.6 Å². The molecule has 1 aliphatic rings. The van der Waals surface area contributed by atoms with Crippen LogP contribution in [0.4, 0.5) is 13.2 Å². The van der Waals surface area contributed by atoms with Gasteiger partial charge in [0.1, 0.15) is 12.3 Å². The quantitative estimate of drug-likeness (QED) is 0.909. The molecule has 1 heterocycles. The van der Waals surface area contributed by atoms with Crippen LogP contribution in [0.2, 0.25) is 0 Å². The first kappa shape index (κ1) is 16.4. The molecule has 0 unspecified atom stereocenters. The van der Waals surface area contributed by atoms with Crippen LogP contribution in [0.15, 0.2) is 34.9 Å². The van der Waals surface area contributed by atoms with E-state index in [1.165, 1.54) is 7.11 Å². The van der Waals surface area contributed by atoms with E-state index in [-0.39, 0.29) is 0 Å². The number of benzene rings is 1. The van der Waals surface area contributed by atoms with Crippen LogP contribution in [0.1, 0.15) is 18.5 Å². The maximum Gasteiger partial charge on any atom is 0.405 e. The molecule has 2 aromatic rings. The van der Waals surface area contributed by atoms with Gasteiger partial charge in [0.05, 0.1) is 18.2 Å². The number of methoxy groups -OCH3 is 1.